The van der Waals surface area contributed by atoms with Crippen LogP contribution in [0.4, 0.5) is 5.82 Å². The minimum atomic E-state index is 0. The lowest BCUT2D eigenvalue weighted by Gasteiger charge is -2.37. The Morgan fingerprint density at radius 1 is 1.26 bits per heavy atom. The molecule has 0 bridgehead atoms. The van der Waals surface area contributed by atoms with Gasteiger partial charge in [0.2, 0.25) is 5.91 Å². The maximum atomic E-state index is 12.5. The van der Waals surface area contributed by atoms with Gasteiger partial charge >= 0.3 is 0 Å². The summed E-state index contributed by atoms with van der Waals surface area (Å²) in [5.74, 6) is 1.32. The number of nitriles is 1. The minimum absolute atomic E-state index is 0. The molecule has 1 aromatic rings. The number of halogens is 1. The van der Waals surface area contributed by atoms with E-state index >= 15 is 0 Å². The highest BCUT2D eigenvalue weighted by Crippen LogP contribution is 2.19. The number of piperidine rings is 1. The van der Waals surface area contributed by atoms with Gasteiger partial charge < -0.3 is 15.1 Å². The van der Waals surface area contributed by atoms with Crippen molar-refractivity contribution in [2.45, 2.75) is 12.8 Å². The van der Waals surface area contributed by atoms with E-state index < -0.39 is 0 Å². The van der Waals surface area contributed by atoms with Crippen LogP contribution < -0.4 is 10.2 Å². The van der Waals surface area contributed by atoms with Crippen LogP contribution in [0.5, 0.6) is 0 Å². The summed E-state index contributed by atoms with van der Waals surface area (Å²) in [6.07, 6.45) is 3.57. The second-order valence-corrected chi connectivity index (χ2v) is 5.85. The molecule has 1 amide bonds. The summed E-state index contributed by atoms with van der Waals surface area (Å²) in [6, 6.07) is 5.66. The Morgan fingerprint density at radius 2 is 1.96 bits per heavy atom. The Bertz CT molecular complexity index is 574. The monoisotopic (exact) mass is 335 g/mol. The molecule has 0 aromatic carbocycles. The van der Waals surface area contributed by atoms with Crippen LogP contribution in [0, 0.1) is 17.2 Å². The number of carbonyl (C=O) groups excluding carboxylic acids is 1. The molecule has 0 unspecified atom stereocenters. The lowest BCUT2D eigenvalue weighted by atomic mass is 9.96. The van der Waals surface area contributed by atoms with Crippen molar-refractivity contribution in [3.05, 3.63) is 23.9 Å². The Kier molecular flexibility index (Phi) is 6.20. The van der Waals surface area contributed by atoms with E-state index in [1.54, 1.807) is 12.3 Å². The molecular formula is C16H22ClN5O. The second-order valence-electron chi connectivity index (χ2n) is 5.85. The summed E-state index contributed by atoms with van der Waals surface area (Å²) in [5.41, 5.74) is 0.623. The van der Waals surface area contributed by atoms with E-state index in [9.17, 15) is 4.79 Å². The fourth-order valence-electron chi connectivity index (χ4n) is 3.14. The summed E-state index contributed by atoms with van der Waals surface area (Å²) < 4.78 is 0. The molecule has 2 fully saturated rings. The zero-order chi connectivity index (χ0) is 15.4. The molecule has 3 rings (SSSR count). The topological polar surface area (TPSA) is 72.3 Å². The van der Waals surface area contributed by atoms with Crippen molar-refractivity contribution in [2.24, 2.45) is 5.92 Å². The summed E-state index contributed by atoms with van der Waals surface area (Å²) in [5, 5.41) is 12.3. The van der Waals surface area contributed by atoms with Crippen LogP contribution in [0.1, 0.15) is 18.4 Å². The van der Waals surface area contributed by atoms with Crippen molar-refractivity contribution >= 4 is 24.1 Å². The van der Waals surface area contributed by atoms with Gasteiger partial charge in [-0.2, -0.15) is 5.26 Å². The van der Waals surface area contributed by atoms with Gasteiger partial charge in [0.15, 0.2) is 0 Å². The highest BCUT2D eigenvalue weighted by molar-refractivity contribution is 5.85. The lowest BCUT2D eigenvalue weighted by molar-refractivity contribution is -0.136. The SMILES string of the molecule is Cl.N#Cc1ccnc(N2CCN(C(=O)C3CCNCC3)CC2)c1. The van der Waals surface area contributed by atoms with Gasteiger partial charge in [-0.3, -0.25) is 4.79 Å². The summed E-state index contributed by atoms with van der Waals surface area (Å²) in [6.45, 7) is 4.92. The summed E-state index contributed by atoms with van der Waals surface area (Å²) >= 11 is 0. The van der Waals surface area contributed by atoms with Gasteiger partial charge in [-0.15, -0.1) is 12.4 Å². The van der Waals surface area contributed by atoms with Crippen molar-refractivity contribution in [2.75, 3.05) is 44.2 Å². The van der Waals surface area contributed by atoms with Crippen molar-refractivity contribution in [1.29, 1.82) is 5.26 Å². The number of hydrogen-bond acceptors (Lipinski definition) is 5. The first kappa shape index (κ1) is 17.5. The zero-order valence-corrected chi connectivity index (χ0v) is 13.9. The fourth-order valence-corrected chi connectivity index (χ4v) is 3.14. The number of carbonyl (C=O) groups is 1. The molecule has 2 aliphatic heterocycles. The smallest absolute Gasteiger partial charge is 0.225 e. The van der Waals surface area contributed by atoms with E-state index in [0.717, 1.165) is 57.9 Å². The highest BCUT2D eigenvalue weighted by atomic mass is 35.5. The predicted molar refractivity (Wildman–Crippen MR) is 90.6 cm³/mol. The van der Waals surface area contributed by atoms with Crippen LogP contribution in [-0.4, -0.2) is 55.1 Å². The molecular weight excluding hydrogens is 314 g/mol. The number of piperazine rings is 1. The third-order valence-electron chi connectivity index (χ3n) is 4.48. The highest BCUT2D eigenvalue weighted by Gasteiger charge is 2.28. The normalized spacial score (nSPS) is 18.9. The van der Waals surface area contributed by atoms with E-state index in [-0.39, 0.29) is 18.3 Å². The van der Waals surface area contributed by atoms with Gasteiger partial charge in [0.1, 0.15) is 5.82 Å². The molecule has 0 aliphatic carbocycles. The first-order valence-electron chi connectivity index (χ1n) is 7.88. The molecule has 0 atom stereocenters. The van der Waals surface area contributed by atoms with Crippen LogP contribution in [-0.2, 0) is 4.79 Å². The van der Waals surface area contributed by atoms with Gasteiger partial charge in [-0.05, 0) is 38.1 Å². The van der Waals surface area contributed by atoms with Crippen LogP contribution in [0.25, 0.3) is 0 Å². The van der Waals surface area contributed by atoms with Gasteiger partial charge in [0, 0.05) is 38.3 Å². The molecule has 3 heterocycles. The number of aromatic nitrogens is 1. The summed E-state index contributed by atoms with van der Waals surface area (Å²) in [4.78, 5) is 21.0. The van der Waals surface area contributed by atoms with Crippen molar-refractivity contribution in [3.63, 3.8) is 0 Å². The molecule has 1 aromatic heterocycles. The summed E-state index contributed by atoms with van der Waals surface area (Å²) in [7, 11) is 0. The number of amides is 1. The molecule has 0 spiro atoms. The van der Waals surface area contributed by atoms with Crippen LogP contribution in [0.3, 0.4) is 0 Å². The largest absolute Gasteiger partial charge is 0.353 e. The van der Waals surface area contributed by atoms with E-state index in [1.807, 2.05) is 11.0 Å². The fraction of sp³-hybridized carbons (Fsp3) is 0.562. The molecule has 7 heteroatoms. The Morgan fingerprint density at radius 3 is 2.61 bits per heavy atom. The van der Waals surface area contributed by atoms with Gasteiger partial charge in [-0.1, -0.05) is 0 Å². The molecule has 0 saturated carbocycles. The molecule has 124 valence electrons. The molecule has 2 aliphatic rings. The van der Waals surface area contributed by atoms with Gasteiger partial charge in [-0.25, -0.2) is 4.98 Å². The Labute approximate surface area is 142 Å². The maximum Gasteiger partial charge on any atom is 0.225 e. The molecule has 0 radical (unpaired) electrons. The number of pyridine rings is 1. The Balaban J connectivity index is 0.00000192. The first-order valence-corrected chi connectivity index (χ1v) is 7.88. The lowest BCUT2D eigenvalue weighted by Crippen LogP contribution is -2.51. The third kappa shape index (κ3) is 4.12. The Hall–Kier alpha value is -1.84. The van der Waals surface area contributed by atoms with E-state index in [4.69, 9.17) is 5.26 Å². The zero-order valence-electron chi connectivity index (χ0n) is 13.1. The quantitative estimate of drug-likeness (QED) is 0.873. The van der Waals surface area contributed by atoms with Gasteiger partial charge in [0.25, 0.3) is 0 Å². The second kappa shape index (κ2) is 8.14. The number of nitrogens with one attached hydrogen (secondary N) is 1. The van der Waals surface area contributed by atoms with E-state index in [1.165, 1.54) is 0 Å². The maximum absolute atomic E-state index is 12.5. The van der Waals surface area contributed by atoms with E-state index in [2.05, 4.69) is 21.3 Å². The van der Waals surface area contributed by atoms with Crippen molar-refractivity contribution < 1.29 is 4.79 Å². The molecule has 23 heavy (non-hydrogen) atoms. The standard InChI is InChI=1S/C16H21N5O.ClH/c17-12-13-1-6-19-15(11-13)20-7-9-21(10-8-20)16(22)14-2-4-18-5-3-14;/h1,6,11,14,18H,2-5,7-10H2;1H. The van der Waals surface area contributed by atoms with Crippen LogP contribution >= 0.6 is 12.4 Å². The number of nitrogens with zero attached hydrogens (tertiary/aromatic N) is 4. The van der Waals surface area contributed by atoms with Crippen molar-refractivity contribution in [3.8, 4) is 6.07 Å². The average molecular weight is 336 g/mol. The average Bonchev–Trinajstić information content (AvgIpc) is 2.62. The molecule has 1 N–H and O–H groups in total. The third-order valence-corrected chi connectivity index (χ3v) is 4.48. The minimum Gasteiger partial charge on any atom is -0.353 e. The molecule has 6 nitrogen and oxygen atoms in total. The van der Waals surface area contributed by atoms with Crippen LogP contribution in [0.2, 0.25) is 0 Å². The van der Waals surface area contributed by atoms with E-state index in [0.29, 0.717) is 11.5 Å². The van der Waals surface area contributed by atoms with Gasteiger partial charge in [0.05, 0.1) is 11.6 Å². The van der Waals surface area contributed by atoms with Crippen molar-refractivity contribution in [1.82, 2.24) is 15.2 Å². The number of rotatable bonds is 2. The predicted octanol–water partition coefficient (Wildman–Crippen LogP) is 1.02. The number of anilines is 1. The number of hydrogen-bond donors (Lipinski definition) is 1. The molecule has 2 saturated heterocycles. The van der Waals surface area contributed by atoms with Crippen LogP contribution in [0.15, 0.2) is 18.3 Å². The first-order chi connectivity index (χ1) is 10.8.